The van der Waals surface area contributed by atoms with Crippen molar-refractivity contribution in [2.45, 2.75) is 25.6 Å². The van der Waals surface area contributed by atoms with Crippen molar-refractivity contribution in [3.63, 3.8) is 0 Å². The number of anilines is 1. The summed E-state index contributed by atoms with van der Waals surface area (Å²) in [6.45, 7) is 3.40. The molecule has 7 nitrogen and oxygen atoms in total. The summed E-state index contributed by atoms with van der Waals surface area (Å²) in [4.78, 5) is 24.0. The lowest BCUT2D eigenvalue weighted by Crippen LogP contribution is -2.53. The van der Waals surface area contributed by atoms with Crippen molar-refractivity contribution in [1.82, 2.24) is 15.2 Å². The molecule has 0 aliphatic carbocycles. The Hall–Kier alpha value is -2.38. The summed E-state index contributed by atoms with van der Waals surface area (Å²) in [5.74, 6) is -0.190. The Morgan fingerprint density at radius 3 is 2.96 bits per heavy atom. The van der Waals surface area contributed by atoms with Gasteiger partial charge in [0, 0.05) is 25.5 Å². The number of carbonyl (C=O) groups is 2. The van der Waals surface area contributed by atoms with Gasteiger partial charge in [0.05, 0.1) is 18.2 Å². The molecular weight excluding hydrogens is 308 g/mol. The maximum atomic E-state index is 12.4. The maximum Gasteiger partial charge on any atom is 0.244 e. The van der Waals surface area contributed by atoms with Crippen LogP contribution in [0.5, 0.6) is 0 Å². The van der Waals surface area contributed by atoms with E-state index in [1.54, 1.807) is 7.05 Å². The number of nitrogens with zero attached hydrogens (tertiary/aromatic N) is 1. The summed E-state index contributed by atoms with van der Waals surface area (Å²) in [6.07, 6.45) is 1.70. The van der Waals surface area contributed by atoms with Crippen molar-refractivity contribution < 1.29 is 14.3 Å². The normalized spacial score (nSPS) is 20.8. The third-order valence-electron chi connectivity index (χ3n) is 4.23. The molecule has 3 rings (SSSR count). The van der Waals surface area contributed by atoms with Crippen LogP contribution in [0, 0.1) is 0 Å². The molecule has 1 aliphatic rings. The molecule has 2 atom stereocenters. The van der Waals surface area contributed by atoms with Gasteiger partial charge in [-0.15, -0.1) is 0 Å². The molecule has 1 fully saturated rings. The number of aromatic nitrogens is 1. The molecule has 1 aromatic carbocycles. The molecule has 0 saturated carbocycles. The number of morpholine rings is 1. The zero-order valence-electron chi connectivity index (χ0n) is 13.8. The van der Waals surface area contributed by atoms with Crippen LogP contribution in [0.1, 0.15) is 6.92 Å². The van der Waals surface area contributed by atoms with E-state index in [4.69, 9.17) is 4.74 Å². The van der Waals surface area contributed by atoms with Crippen molar-refractivity contribution in [2.24, 2.45) is 0 Å². The van der Waals surface area contributed by atoms with E-state index < -0.39 is 0 Å². The predicted molar refractivity (Wildman–Crippen MR) is 91.8 cm³/mol. The molecule has 2 heterocycles. The molecule has 0 bridgehead atoms. The first-order valence-corrected chi connectivity index (χ1v) is 8.04. The minimum absolute atomic E-state index is 0.0701. The number of fused-ring (bicyclic) bond motifs is 1. The number of ether oxygens (including phenoxy) is 1. The van der Waals surface area contributed by atoms with Crippen LogP contribution in [-0.4, -0.2) is 48.7 Å². The average molecular weight is 330 g/mol. The Balaban J connectivity index is 1.78. The molecule has 1 saturated heterocycles. The summed E-state index contributed by atoms with van der Waals surface area (Å²) in [5.41, 5.74) is 1.60. The van der Waals surface area contributed by atoms with Crippen LogP contribution >= 0.6 is 0 Å². The lowest BCUT2D eigenvalue weighted by Gasteiger charge is -2.29. The number of benzene rings is 1. The van der Waals surface area contributed by atoms with Gasteiger partial charge in [0.1, 0.15) is 12.6 Å². The Labute approximate surface area is 140 Å². The first-order chi connectivity index (χ1) is 11.6. The predicted octanol–water partition coefficient (Wildman–Crippen LogP) is 0.703. The summed E-state index contributed by atoms with van der Waals surface area (Å²) in [7, 11) is 1.61. The molecular formula is C17H22N4O3. The van der Waals surface area contributed by atoms with Gasteiger partial charge in [0.2, 0.25) is 11.8 Å². The molecule has 1 aromatic heterocycles. The van der Waals surface area contributed by atoms with Gasteiger partial charge in [0.15, 0.2) is 0 Å². The second kappa shape index (κ2) is 7.02. The Bertz CT molecular complexity index is 755. The van der Waals surface area contributed by atoms with Gasteiger partial charge in [-0.05, 0) is 30.5 Å². The second-order valence-corrected chi connectivity index (χ2v) is 5.89. The average Bonchev–Trinajstić information content (AvgIpc) is 2.97. The third-order valence-corrected chi connectivity index (χ3v) is 4.23. The van der Waals surface area contributed by atoms with Gasteiger partial charge in [-0.2, -0.15) is 0 Å². The quantitative estimate of drug-likeness (QED) is 0.771. The van der Waals surface area contributed by atoms with Crippen LogP contribution in [0.25, 0.3) is 10.9 Å². The number of amides is 2. The standard InChI is InChI=1S/C17H22N4O3/c1-11-16(19-6-8-24-11)17(23)20-13-4-3-12-5-7-21(14(12)9-13)10-15(22)18-2/h3-5,7,9,11,16,19H,6,8,10H2,1-2H3,(H,18,22)(H,20,23)/t11-,16+/m1/s1. The number of carbonyl (C=O) groups excluding carboxylic acids is 2. The highest BCUT2D eigenvalue weighted by atomic mass is 16.5. The number of rotatable bonds is 4. The number of hydrogen-bond acceptors (Lipinski definition) is 4. The number of likely N-dealkylation sites (N-methyl/N-ethyl adjacent to an activating group) is 1. The minimum atomic E-state index is -0.368. The van der Waals surface area contributed by atoms with E-state index in [0.717, 1.165) is 10.9 Å². The van der Waals surface area contributed by atoms with Crippen LogP contribution < -0.4 is 16.0 Å². The summed E-state index contributed by atoms with van der Waals surface area (Å²) < 4.78 is 7.37. The highest BCUT2D eigenvalue weighted by molar-refractivity contribution is 5.97. The number of hydrogen-bond donors (Lipinski definition) is 3. The molecule has 1 aliphatic heterocycles. The van der Waals surface area contributed by atoms with Crippen molar-refractivity contribution in [2.75, 3.05) is 25.5 Å². The molecule has 128 valence electrons. The third kappa shape index (κ3) is 3.42. The van der Waals surface area contributed by atoms with Crippen LogP contribution in [0.3, 0.4) is 0 Å². The molecule has 0 spiro atoms. The topological polar surface area (TPSA) is 84.4 Å². The minimum Gasteiger partial charge on any atom is -0.375 e. The highest BCUT2D eigenvalue weighted by Crippen LogP contribution is 2.21. The van der Waals surface area contributed by atoms with Crippen molar-refractivity contribution in [3.05, 3.63) is 30.5 Å². The molecule has 0 unspecified atom stereocenters. The van der Waals surface area contributed by atoms with E-state index in [-0.39, 0.29) is 30.5 Å². The van der Waals surface area contributed by atoms with Crippen molar-refractivity contribution in [3.8, 4) is 0 Å². The summed E-state index contributed by atoms with van der Waals surface area (Å²) in [6, 6.07) is 7.25. The van der Waals surface area contributed by atoms with Gasteiger partial charge < -0.3 is 25.3 Å². The van der Waals surface area contributed by atoms with Crippen LogP contribution in [0.2, 0.25) is 0 Å². The van der Waals surface area contributed by atoms with Crippen LogP contribution in [0.4, 0.5) is 5.69 Å². The molecule has 3 N–H and O–H groups in total. The Morgan fingerprint density at radius 1 is 1.38 bits per heavy atom. The fourth-order valence-electron chi connectivity index (χ4n) is 2.88. The van der Waals surface area contributed by atoms with Crippen molar-refractivity contribution in [1.29, 1.82) is 0 Å². The van der Waals surface area contributed by atoms with E-state index in [0.29, 0.717) is 18.8 Å². The number of nitrogens with one attached hydrogen (secondary N) is 3. The summed E-state index contributed by atoms with van der Waals surface area (Å²) >= 11 is 0. The Morgan fingerprint density at radius 2 is 2.21 bits per heavy atom. The smallest absolute Gasteiger partial charge is 0.244 e. The van der Waals surface area contributed by atoms with Crippen molar-refractivity contribution >= 4 is 28.4 Å². The van der Waals surface area contributed by atoms with E-state index in [1.165, 1.54) is 0 Å². The first kappa shape index (κ1) is 16.5. The van der Waals surface area contributed by atoms with Gasteiger partial charge in [-0.3, -0.25) is 9.59 Å². The Kier molecular flexibility index (Phi) is 4.82. The highest BCUT2D eigenvalue weighted by Gasteiger charge is 2.28. The first-order valence-electron chi connectivity index (χ1n) is 8.04. The molecule has 7 heteroatoms. The maximum absolute atomic E-state index is 12.4. The van der Waals surface area contributed by atoms with Crippen LogP contribution in [0.15, 0.2) is 30.5 Å². The fourth-order valence-corrected chi connectivity index (χ4v) is 2.88. The lowest BCUT2D eigenvalue weighted by molar-refractivity contribution is -0.124. The molecule has 0 radical (unpaired) electrons. The lowest BCUT2D eigenvalue weighted by atomic mass is 10.1. The molecule has 2 aromatic rings. The largest absolute Gasteiger partial charge is 0.375 e. The second-order valence-electron chi connectivity index (χ2n) is 5.89. The van der Waals surface area contributed by atoms with Gasteiger partial charge in [-0.1, -0.05) is 6.07 Å². The van der Waals surface area contributed by atoms with Gasteiger partial charge in [0.25, 0.3) is 0 Å². The van der Waals surface area contributed by atoms with Gasteiger partial charge >= 0.3 is 0 Å². The zero-order chi connectivity index (χ0) is 17.1. The van der Waals surface area contributed by atoms with E-state index in [9.17, 15) is 9.59 Å². The molecule has 2 amide bonds. The SMILES string of the molecule is CNC(=O)Cn1ccc2ccc(NC(=O)[C@H]3NCCO[C@@H]3C)cc21. The van der Waals surface area contributed by atoms with Crippen LogP contribution in [-0.2, 0) is 20.9 Å². The molecule has 24 heavy (non-hydrogen) atoms. The van der Waals surface area contributed by atoms with E-state index >= 15 is 0 Å². The van der Waals surface area contributed by atoms with E-state index in [1.807, 2.05) is 42.0 Å². The summed E-state index contributed by atoms with van der Waals surface area (Å²) in [5, 5.41) is 9.72. The van der Waals surface area contributed by atoms with Gasteiger partial charge in [-0.25, -0.2) is 0 Å². The zero-order valence-corrected chi connectivity index (χ0v) is 13.8. The fraction of sp³-hybridized carbons (Fsp3) is 0.412. The monoisotopic (exact) mass is 330 g/mol. The van der Waals surface area contributed by atoms with E-state index in [2.05, 4.69) is 16.0 Å².